The van der Waals surface area contributed by atoms with Crippen LogP contribution in [-0.2, 0) is 0 Å². The molecular weight excluding hydrogens is 687 g/mol. The highest BCUT2D eigenvalue weighted by molar-refractivity contribution is 7.27. The summed E-state index contributed by atoms with van der Waals surface area (Å²) < 4.78 is 2.43. The summed E-state index contributed by atoms with van der Waals surface area (Å²) in [5, 5.41) is 2.32. The first-order chi connectivity index (χ1) is 27.3. The van der Waals surface area contributed by atoms with Crippen molar-refractivity contribution in [2.75, 3.05) is 0 Å². The summed E-state index contributed by atoms with van der Waals surface area (Å²) >= 11 is 1.85. The molecule has 0 aliphatic carbocycles. The first-order valence-corrected chi connectivity index (χ1v) is 19.3. The largest absolute Gasteiger partial charge is 0.208 e. The van der Waals surface area contributed by atoms with Crippen molar-refractivity contribution in [3.05, 3.63) is 200 Å². The number of thiophene rings is 1. The molecule has 4 heteroatoms. The lowest BCUT2D eigenvalue weighted by Gasteiger charge is -2.13. The van der Waals surface area contributed by atoms with Crippen molar-refractivity contribution >= 4 is 31.5 Å². The van der Waals surface area contributed by atoms with Crippen LogP contribution >= 0.6 is 11.3 Å². The van der Waals surface area contributed by atoms with Crippen molar-refractivity contribution in [3.63, 3.8) is 0 Å². The highest BCUT2D eigenvalue weighted by Gasteiger charge is 2.22. The summed E-state index contributed by atoms with van der Waals surface area (Å²) in [4.78, 5) is 15.5. The van der Waals surface area contributed by atoms with E-state index in [2.05, 4.69) is 164 Å². The van der Waals surface area contributed by atoms with Gasteiger partial charge in [-0.05, 0) is 63.2 Å². The Morgan fingerprint density at radius 2 is 0.727 bits per heavy atom. The van der Waals surface area contributed by atoms with E-state index in [0.29, 0.717) is 17.5 Å². The Labute approximate surface area is 323 Å². The second-order valence-corrected chi connectivity index (χ2v) is 14.6. The normalized spacial score (nSPS) is 11.3. The fourth-order valence-electron chi connectivity index (χ4n) is 7.45. The number of benzene rings is 8. The maximum atomic E-state index is 5.24. The fraction of sp³-hybridized carbons (Fsp3) is 0. The molecule has 8 aromatic carbocycles. The smallest absolute Gasteiger partial charge is 0.164 e. The second kappa shape index (κ2) is 14.1. The summed E-state index contributed by atoms with van der Waals surface area (Å²) in [5.41, 5.74) is 12.3. The van der Waals surface area contributed by atoms with E-state index >= 15 is 0 Å². The summed E-state index contributed by atoms with van der Waals surface area (Å²) in [6, 6.07) is 70.5. The monoisotopic (exact) mass is 719 g/mol. The SMILES string of the molecule is c1ccc(-c2cccc(-c3ccc(-c4nc(-c5ccccc5)nc(-c5ccccc5)n4)c4c3sc3c(-c5ccccc5)cc(-c5ccccc5)cc34)c2)cc1. The second-order valence-electron chi connectivity index (χ2n) is 13.6. The molecule has 3 nitrogen and oxygen atoms in total. The Bertz CT molecular complexity index is 2890. The lowest BCUT2D eigenvalue weighted by molar-refractivity contribution is 1.08. The topological polar surface area (TPSA) is 38.7 Å². The zero-order valence-corrected chi connectivity index (χ0v) is 30.6. The molecule has 0 N–H and O–H groups in total. The van der Waals surface area contributed by atoms with Gasteiger partial charge in [0.05, 0.1) is 0 Å². The van der Waals surface area contributed by atoms with Crippen LogP contribution in [0.25, 0.3) is 98.8 Å². The molecule has 0 bridgehead atoms. The van der Waals surface area contributed by atoms with Crippen LogP contribution < -0.4 is 0 Å². The summed E-state index contributed by atoms with van der Waals surface area (Å²) in [7, 11) is 0. The maximum Gasteiger partial charge on any atom is 0.164 e. The van der Waals surface area contributed by atoms with Gasteiger partial charge in [-0.3, -0.25) is 0 Å². The van der Waals surface area contributed by atoms with E-state index in [9.17, 15) is 0 Å². The van der Waals surface area contributed by atoms with Crippen LogP contribution in [0.2, 0.25) is 0 Å². The van der Waals surface area contributed by atoms with Crippen molar-refractivity contribution in [3.8, 4) is 78.7 Å². The third-order valence-corrected chi connectivity index (χ3v) is 11.4. The van der Waals surface area contributed by atoms with Gasteiger partial charge < -0.3 is 0 Å². The summed E-state index contributed by atoms with van der Waals surface area (Å²) in [6.07, 6.45) is 0. The molecule has 0 fully saturated rings. The fourth-order valence-corrected chi connectivity index (χ4v) is 8.83. The molecule has 55 heavy (non-hydrogen) atoms. The van der Waals surface area contributed by atoms with Gasteiger partial charge in [0.2, 0.25) is 0 Å². The van der Waals surface area contributed by atoms with Gasteiger partial charge in [0.15, 0.2) is 17.5 Å². The Hall–Kier alpha value is -7.01. The third kappa shape index (κ3) is 6.19. The quantitative estimate of drug-likeness (QED) is 0.165. The molecule has 0 saturated heterocycles. The highest BCUT2D eigenvalue weighted by Crippen LogP contribution is 2.49. The Morgan fingerprint density at radius 3 is 1.31 bits per heavy atom. The first kappa shape index (κ1) is 32.6. The van der Waals surface area contributed by atoms with Gasteiger partial charge in [-0.1, -0.05) is 176 Å². The number of nitrogens with zero attached hydrogens (tertiary/aromatic N) is 3. The van der Waals surface area contributed by atoms with E-state index in [1.807, 2.05) is 47.7 Å². The van der Waals surface area contributed by atoms with Crippen molar-refractivity contribution < 1.29 is 0 Å². The minimum atomic E-state index is 0.645. The van der Waals surface area contributed by atoms with Crippen molar-refractivity contribution in [1.82, 2.24) is 15.0 Å². The molecule has 10 rings (SSSR count). The van der Waals surface area contributed by atoms with Gasteiger partial charge in [-0.15, -0.1) is 11.3 Å². The molecule has 0 spiro atoms. The molecule has 10 aromatic rings. The average Bonchev–Trinajstić information content (AvgIpc) is 3.67. The van der Waals surface area contributed by atoms with E-state index in [0.717, 1.165) is 22.1 Å². The molecule has 0 unspecified atom stereocenters. The van der Waals surface area contributed by atoms with Gasteiger partial charge in [-0.2, -0.15) is 0 Å². The van der Waals surface area contributed by atoms with Gasteiger partial charge >= 0.3 is 0 Å². The predicted octanol–water partition coefficient (Wildman–Crippen LogP) is 13.9. The van der Waals surface area contributed by atoms with Crippen LogP contribution in [0, 0.1) is 0 Å². The first-order valence-electron chi connectivity index (χ1n) is 18.4. The number of rotatable bonds is 7. The van der Waals surface area contributed by atoms with Crippen molar-refractivity contribution in [2.24, 2.45) is 0 Å². The summed E-state index contributed by atoms with van der Waals surface area (Å²) in [6.45, 7) is 0. The molecule has 258 valence electrons. The van der Waals surface area contributed by atoms with Gasteiger partial charge in [0, 0.05) is 42.4 Å². The number of fused-ring (bicyclic) bond motifs is 3. The van der Waals surface area contributed by atoms with Crippen LogP contribution in [0.15, 0.2) is 200 Å². The maximum absolute atomic E-state index is 5.24. The zero-order chi connectivity index (χ0) is 36.6. The highest BCUT2D eigenvalue weighted by atomic mass is 32.1. The van der Waals surface area contributed by atoms with E-state index in [1.54, 1.807) is 0 Å². The van der Waals surface area contributed by atoms with E-state index in [4.69, 9.17) is 15.0 Å². The number of aromatic nitrogens is 3. The van der Waals surface area contributed by atoms with Crippen molar-refractivity contribution in [2.45, 2.75) is 0 Å². The molecule has 2 aromatic heterocycles. The average molecular weight is 720 g/mol. The molecule has 0 saturated carbocycles. The third-order valence-electron chi connectivity index (χ3n) is 10.1. The van der Waals surface area contributed by atoms with Gasteiger partial charge in [0.25, 0.3) is 0 Å². The molecule has 0 aliphatic rings. The van der Waals surface area contributed by atoms with Crippen molar-refractivity contribution in [1.29, 1.82) is 0 Å². The minimum Gasteiger partial charge on any atom is -0.208 e. The van der Waals surface area contributed by atoms with Gasteiger partial charge in [-0.25, -0.2) is 15.0 Å². The van der Waals surface area contributed by atoms with Crippen LogP contribution in [0.1, 0.15) is 0 Å². The summed E-state index contributed by atoms with van der Waals surface area (Å²) in [5.74, 6) is 1.94. The van der Waals surface area contributed by atoms with E-state index in [1.165, 1.54) is 59.3 Å². The molecule has 0 aliphatic heterocycles. The van der Waals surface area contributed by atoms with E-state index in [-0.39, 0.29) is 0 Å². The standard InChI is InChI=1S/C51H33N3S/c1-6-17-34(18-7-1)39-27-16-28-40(31-39)42-29-30-43(51-53-49(37-23-12-4-13-24-37)52-50(54-51)38-25-14-5-15-26-38)46-45-33-41(35-19-8-2-9-20-35)32-44(47(45)55-48(42)46)36-21-10-3-11-22-36/h1-33H. The Morgan fingerprint density at radius 1 is 0.273 bits per heavy atom. The molecule has 0 radical (unpaired) electrons. The van der Waals surface area contributed by atoms with Gasteiger partial charge in [0.1, 0.15) is 0 Å². The predicted molar refractivity (Wildman–Crippen MR) is 231 cm³/mol. The van der Waals surface area contributed by atoms with Crippen LogP contribution in [0.5, 0.6) is 0 Å². The van der Waals surface area contributed by atoms with Crippen LogP contribution in [0.4, 0.5) is 0 Å². The van der Waals surface area contributed by atoms with Crippen LogP contribution in [0.3, 0.4) is 0 Å². The lowest BCUT2D eigenvalue weighted by atomic mass is 9.93. The Kier molecular flexibility index (Phi) is 8.36. The molecule has 2 heterocycles. The minimum absolute atomic E-state index is 0.645. The zero-order valence-electron chi connectivity index (χ0n) is 29.8. The van der Waals surface area contributed by atoms with Crippen LogP contribution in [-0.4, -0.2) is 15.0 Å². The molecular formula is C51H33N3S. The van der Waals surface area contributed by atoms with E-state index < -0.39 is 0 Å². The number of hydrogen-bond donors (Lipinski definition) is 0. The Balaban J connectivity index is 1.30. The lowest BCUT2D eigenvalue weighted by Crippen LogP contribution is -2.00. The molecule has 0 atom stereocenters. The molecule has 0 amide bonds. The number of hydrogen-bond acceptors (Lipinski definition) is 4.